The van der Waals surface area contributed by atoms with Gasteiger partial charge in [-0.1, -0.05) is 11.6 Å². The van der Waals surface area contributed by atoms with Crippen molar-refractivity contribution in [2.45, 2.75) is 19.3 Å². The Labute approximate surface area is 87.7 Å². The summed E-state index contributed by atoms with van der Waals surface area (Å²) in [5.41, 5.74) is 0.846. The van der Waals surface area contributed by atoms with Gasteiger partial charge >= 0.3 is 0 Å². The van der Waals surface area contributed by atoms with E-state index in [9.17, 15) is 4.79 Å². The van der Waals surface area contributed by atoms with Crippen LogP contribution in [0.3, 0.4) is 0 Å². The third-order valence-corrected chi connectivity index (χ3v) is 2.57. The molecule has 0 radical (unpaired) electrons. The van der Waals surface area contributed by atoms with Crippen LogP contribution in [0.4, 0.5) is 5.69 Å². The smallest absolute Gasteiger partial charge is 0.227 e. The van der Waals surface area contributed by atoms with Gasteiger partial charge in [0.2, 0.25) is 5.91 Å². The largest absolute Gasteiger partial charge is 0.311 e. The van der Waals surface area contributed by atoms with Gasteiger partial charge < -0.3 is 4.90 Å². The maximum atomic E-state index is 11.5. The molecular formula is C10H11ClN2O. The Morgan fingerprint density at radius 1 is 1.36 bits per heavy atom. The van der Waals surface area contributed by atoms with Crippen LogP contribution in [0.25, 0.3) is 0 Å². The molecule has 1 saturated heterocycles. The molecule has 1 amide bonds. The number of carbonyl (C=O) groups is 1. The van der Waals surface area contributed by atoms with Crippen LogP contribution < -0.4 is 4.90 Å². The fourth-order valence-corrected chi connectivity index (χ4v) is 1.72. The molecule has 74 valence electrons. The third-order valence-electron chi connectivity index (χ3n) is 2.35. The van der Waals surface area contributed by atoms with Crippen LogP contribution in [0.5, 0.6) is 0 Å². The van der Waals surface area contributed by atoms with Crippen molar-refractivity contribution in [3.63, 3.8) is 0 Å². The maximum absolute atomic E-state index is 11.5. The van der Waals surface area contributed by atoms with E-state index in [1.165, 1.54) is 0 Å². The van der Waals surface area contributed by atoms with Gasteiger partial charge in [-0.15, -0.1) is 0 Å². The summed E-state index contributed by atoms with van der Waals surface area (Å²) in [6.45, 7) is 0.794. The zero-order valence-corrected chi connectivity index (χ0v) is 8.50. The molecule has 1 aliphatic heterocycles. The molecule has 0 aromatic carbocycles. The Bertz CT molecular complexity index is 336. The summed E-state index contributed by atoms with van der Waals surface area (Å²) in [5, 5.41) is 0.457. The van der Waals surface area contributed by atoms with Gasteiger partial charge in [-0.25, -0.2) is 4.98 Å². The highest BCUT2D eigenvalue weighted by molar-refractivity contribution is 6.29. The number of hydrogen-bond donors (Lipinski definition) is 0. The van der Waals surface area contributed by atoms with Crippen molar-refractivity contribution in [1.29, 1.82) is 0 Å². The van der Waals surface area contributed by atoms with Crippen LogP contribution in [0, 0.1) is 0 Å². The molecule has 0 bridgehead atoms. The summed E-state index contributed by atoms with van der Waals surface area (Å²) in [6, 6.07) is 3.54. The zero-order valence-electron chi connectivity index (χ0n) is 7.74. The number of amides is 1. The molecule has 0 unspecified atom stereocenters. The fraction of sp³-hybridized carbons (Fsp3) is 0.400. The average Bonchev–Trinajstić information content (AvgIpc) is 2.20. The minimum atomic E-state index is 0.181. The lowest BCUT2D eigenvalue weighted by atomic mass is 10.1. The highest BCUT2D eigenvalue weighted by Gasteiger charge is 2.19. The van der Waals surface area contributed by atoms with E-state index in [0.717, 1.165) is 25.1 Å². The predicted molar refractivity (Wildman–Crippen MR) is 55.5 cm³/mol. The molecule has 1 fully saturated rings. The van der Waals surface area contributed by atoms with E-state index in [4.69, 9.17) is 11.6 Å². The fourth-order valence-electron chi connectivity index (χ4n) is 1.61. The van der Waals surface area contributed by atoms with Crippen molar-refractivity contribution in [3.8, 4) is 0 Å². The number of anilines is 1. The van der Waals surface area contributed by atoms with Crippen molar-refractivity contribution in [2.24, 2.45) is 0 Å². The van der Waals surface area contributed by atoms with Gasteiger partial charge in [0.15, 0.2) is 0 Å². The van der Waals surface area contributed by atoms with Gasteiger partial charge in [0.25, 0.3) is 0 Å². The molecule has 1 aromatic heterocycles. The highest BCUT2D eigenvalue weighted by Crippen LogP contribution is 2.20. The highest BCUT2D eigenvalue weighted by atomic mass is 35.5. The summed E-state index contributed by atoms with van der Waals surface area (Å²) in [6.07, 6.45) is 4.35. The quantitative estimate of drug-likeness (QED) is 0.667. The Balaban J connectivity index is 2.20. The van der Waals surface area contributed by atoms with Gasteiger partial charge in [-0.05, 0) is 25.0 Å². The van der Waals surface area contributed by atoms with E-state index in [0.29, 0.717) is 11.6 Å². The Morgan fingerprint density at radius 2 is 2.21 bits per heavy atom. The number of piperidine rings is 1. The van der Waals surface area contributed by atoms with Crippen molar-refractivity contribution in [1.82, 2.24) is 4.98 Å². The lowest BCUT2D eigenvalue weighted by Crippen LogP contribution is -2.35. The SMILES string of the molecule is O=C1CCCCN1c1ccc(Cl)nc1. The van der Waals surface area contributed by atoms with E-state index in [-0.39, 0.29) is 5.91 Å². The second-order valence-corrected chi connectivity index (χ2v) is 3.73. The topological polar surface area (TPSA) is 33.2 Å². The molecular weight excluding hydrogens is 200 g/mol. The monoisotopic (exact) mass is 210 g/mol. The van der Waals surface area contributed by atoms with Crippen molar-refractivity contribution in [2.75, 3.05) is 11.4 Å². The molecule has 3 nitrogen and oxygen atoms in total. The normalized spacial score (nSPS) is 17.2. The molecule has 14 heavy (non-hydrogen) atoms. The van der Waals surface area contributed by atoms with Gasteiger partial charge in [0.1, 0.15) is 5.15 Å². The van der Waals surface area contributed by atoms with E-state index in [2.05, 4.69) is 4.98 Å². The van der Waals surface area contributed by atoms with Crippen LogP contribution in [0.2, 0.25) is 5.15 Å². The number of carbonyl (C=O) groups excluding carboxylic acids is 1. The molecule has 0 saturated carbocycles. The van der Waals surface area contributed by atoms with Crippen LogP contribution in [0.15, 0.2) is 18.3 Å². The standard InChI is InChI=1S/C10H11ClN2O/c11-9-5-4-8(7-12-9)13-6-2-1-3-10(13)14/h4-5,7H,1-3,6H2. The summed E-state index contributed by atoms with van der Waals surface area (Å²) in [7, 11) is 0. The van der Waals surface area contributed by atoms with Crippen LogP contribution in [-0.4, -0.2) is 17.4 Å². The number of nitrogens with zero attached hydrogens (tertiary/aromatic N) is 2. The molecule has 2 rings (SSSR count). The number of halogens is 1. The Morgan fingerprint density at radius 3 is 2.86 bits per heavy atom. The summed E-state index contributed by atoms with van der Waals surface area (Å²) in [5.74, 6) is 0.181. The van der Waals surface area contributed by atoms with E-state index < -0.39 is 0 Å². The summed E-state index contributed by atoms with van der Waals surface area (Å²) >= 11 is 5.67. The number of hydrogen-bond acceptors (Lipinski definition) is 2. The van der Waals surface area contributed by atoms with Crippen molar-refractivity contribution in [3.05, 3.63) is 23.5 Å². The first-order valence-corrected chi connectivity index (χ1v) is 5.07. The van der Waals surface area contributed by atoms with Crippen molar-refractivity contribution < 1.29 is 4.79 Å². The number of rotatable bonds is 1. The molecule has 0 atom stereocenters. The second kappa shape index (κ2) is 3.96. The Kier molecular flexibility index (Phi) is 2.68. The lowest BCUT2D eigenvalue weighted by Gasteiger charge is -2.26. The first kappa shape index (κ1) is 9.46. The first-order chi connectivity index (χ1) is 6.77. The van der Waals surface area contributed by atoms with Gasteiger partial charge in [0.05, 0.1) is 11.9 Å². The Hall–Kier alpha value is -1.09. The summed E-state index contributed by atoms with van der Waals surface area (Å²) < 4.78 is 0. The lowest BCUT2D eigenvalue weighted by molar-refractivity contribution is -0.119. The third kappa shape index (κ3) is 1.87. The number of aromatic nitrogens is 1. The van der Waals surface area contributed by atoms with Gasteiger partial charge in [0, 0.05) is 13.0 Å². The van der Waals surface area contributed by atoms with Crippen LogP contribution >= 0.6 is 11.6 Å². The molecule has 0 aliphatic carbocycles. The van der Waals surface area contributed by atoms with Crippen molar-refractivity contribution >= 4 is 23.2 Å². The van der Waals surface area contributed by atoms with E-state index in [1.54, 1.807) is 17.2 Å². The first-order valence-electron chi connectivity index (χ1n) is 4.69. The summed E-state index contributed by atoms with van der Waals surface area (Å²) in [4.78, 5) is 17.3. The average molecular weight is 211 g/mol. The van der Waals surface area contributed by atoms with E-state index >= 15 is 0 Å². The predicted octanol–water partition coefficient (Wildman–Crippen LogP) is 2.25. The molecule has 0 N–H and O–H groups in total. The van der Waals surface area contributed by atoms with Crippen LogP contribution in [-0.2, 0) is 4.79 Å². The molecule has 1 aromatic rings. The van der Waals surface area contributed by atoms with Crippen LogP contribution in [0.1, 0.15) is 19.3 Å². The maximum Gasteiger partial charge on any atom is 0.227 e. The molecule has 0 spiro atoms. The molecule has 1 aliphatic rings. The van der Waals surface area contributed by atoms with E-state index in [1.807, 2.05) is 6.07 Å². The minimum absolute atomic E-state index is 0.181. The van der Waals surface area contributed by atoms with Gasteiger partial charge in [-0.2, -0.15) is 0 Å². The van der Waals surface area contributed by atoms with Gasteiger partial charge in [-0.3, -0.25) is 4.79 Å². The number of pyridine rings is 1. The molecule has 4 heteroatoms. The zero-order chi connectivity index (χ0) is 9.97. The second-order valence-electron chi connectivity index (χ2n) is 3.34. The molecule has 2 heterocycles. The minimum Gasteiger partial charge on any atom is -0.311 e.